The molecule has 8 nitrogen and oxygen atoms in total. The van der Waals surface area contributed by atoms with Gasteiger partial charge in [-0.15, -0.1) is 0 Å². The van der Waals surface area contributed by atoms with E-state index >= 15 is 0 Å². The smallest absolute Gasteiger partial charge is 0.264 e. The van der Waals surface area contributed by atoms with Gasteiger partial charge in [-0.3, -0.25) is 13.9 Å². The number of rotatable bonds is 11. The van der Waals surface area contributed by atoms with Crippen molar-refractivity contribution in [1.29, 1.82) is 0 Å². The molecule has 0 aromatic heterocycles. The fourth-order valence-electron chi connectivity index (χ4n) is 3.98. The lowest BCUT2D eigenvalue weighted by Crippen LogP contribution is -2.54. The van der Waals surface area contributed by atoms with Crippen molar-refractivity contribution in [2.24, 2.45) is 0 Å². The second-order valence-electron chi connectivity index (χ2n) is 10.5. The number of hydrogen-bond donors (Lipinski definition) is 1. The third kappa shape index (κ3) is 8.68. The molecule has 0 unspecified atom stereocenters. The third-order valence-corrected chi connectivity index (χ3v) is 8.09. The average Bonchev–Trinajstić information content (AvgIpc) is 2.91. The van der Waals surface area contributed by atoms with Gasteiger partial charge in [-0.2, -0.15) is 0 Å². The van der Waals surface area contributed by atoms with Gasteiger partial charge >= 0.3 is 0 Å². The Balaban J connectivity index is 2.02. The van der Waals surface area contributed by atoms with Crippen LogP contribution in [0, 0.1) is 5.82 Å². The molecule has 1 N–H and O–H groups in total. The molecule has 0 saturated heterocycles. The maximum Gasteiger partial charge on any atom is 0.264 e. The highest BCUT2D eigenvalue weighted by Gasteiger charge is 2.33. The Morgan fingerprint density at radius 1 is 0.976 bits per heavy atom. The molecular weight excluding hydrogens is 569 g/mol. The van der Waals surface area contributed by atoms with Crippen LogP contribution in [0.15, 0.2) is 77.7 Å². The molecule has 2 amide bonds. The number of nitrogens with zero attached hydrogens (tertiary/aromatic N) is 2. The van der Waals surface area contributed by atoms with E-state index in [1.54, 1.807) is 31.2 Å². The van der Waals surface area contributed by atoms with Crippen LogP contribution in [0.2, 0.25) is 5.02 Å². The predicted molar refractivity (Wildman–Crippen MR) is 158 cm³/mol. The summed E-state index contributed by atoms with van der Waals surface area (Å²) in [5, 5.41) is 3.38. The van der Waals surface area contributed by atoms with Crippen LogP contribution in [-0.4, -0.2) is 49.9 Å². The monoisotopic (exact) mass is 603 g/mol. The molecule has 11 heteroatoms. The number of halogens is 2. The molecule has 220 valence electrons. The van der Waals surface area contributed by atoms with Crippen molar-refractivity contribution < 1.29 is 27.1 Å². The largest absolute Gasteiger partial charge is 0.494 e. The summed E-state index contributed by atoms with van der Waals surface area (Å²) in [5.74, 6) is -1.10. The summed E-state index contributed by atoms with van der Waals surface area (Å²) in [7, 11) is -4.29. The summed E-state index contributed by atoms with van der Waals surface area (Å²) in [4.78, 5) is 28.3. The highest BCUT2D eigenvalue weighted by molar-refractivity contribution is 7.92. The summed E-state index contributed by atoms with van der Waals surface area (Å²) >= 11 is 6.03. The van der Waals surface area contributed by atoms with Crippen molar-refractivity contribution in [3.05, 3.63) is 89.2 Å². The van der Waals surface area contributed by atoms with E-state index in [0.717, 1.165) is 16.4 Å². The quantitative estimate of drug-likeness (QED) is 0.316. The molecule has 3 aromatic carbocycles. The van der Waals surface area contributed by atoms with Gasteiger partial charge in [-0.25, -0.2) is 12.8 Å². The van der Waals surface area contributed by atoms with E-state index in [1.165, 1.54) is 41.3 Å². The minimum Gasteiger partial charge on any atom is -0.494 e. The molecule has 0 aliphatic carbocycles. The van der Waals surface area contributed by atoms with Gasteiger partial charge in [0.25, 0.3) is 10.0 Å². The molecule has 0 fully saturated rings. The minimum absolute atomic E-state index is 0.0229. The highest BCUT2D eigenvalue weighted by atomic mass is 35.5. The first kappa shape index (κ1) is 31.9. The van der Waals surface area contributed by atoms with Gasteiger partial charge in [0, 0.05) is 17.1 Å². The lowest BCUT2D eigenvalue weighted by Gasteiger charge is -2.33. The average molecular weight is 604 g/mol. The maximum atomic E-state index is 13.9. The minimum atomic E-state index is -4.29. The van der Waals surface area contributed by atoms with Gasteiger partial charge in [0.15, 0.2) is 0 Å². The van der Waals surface area contributed by atoms with E-state index < -0.39 is 45.8 Å². The molecule has 0 heterocycles. The Labute approximate surface area is 246 Å². The normalized spacial score (nSPS) is 12.4. The zero-order valence-corrected chi connectivity index (χ0v) is 25.3. The first-order valence-corrected chi connectivity index (χ1v) is 14.9. The molecule has 0 saturated carbocycles. The zero-order chi connectivity index (χ0) is 30.4. The molecule has 3 rings (SSSR count). The Morgan fingerprint density at radius 3 is 2.10 bits per heavy atom. The number of anilines is 1. The van der Waals surface area contributed by atoms with Crippen LogP contribution in [0.1, 0.15) is 40.2 Å². The van der Waals surface area contributed by atoms with Gasteiger partial charge in [0.2, 0.25) is 11.8 Å². The summed E-state index contributed by atoms with van der Waals surface area (Å²) in [6.07, 6.45) is 0. The second-order valence-corrected chi connectivity index (χ2v) is 12.8. The summed E-state index contributed by atoms with van der Waals surface area (Å²) in [6.45, 7) is 8.65. The van der Waals surface area contributed by atoms with Crippen molar-refractivity contribution in [1.82, 2.24) is 10.2 Å². The Kier molecular flexibility index (Phi) is 10.4. The standard InChI is InChI=1S/C30H35ClFN3O5S/c1-6-40-26-15-17-27(18-16-26)41(38,39)35(25-13-11-24(32)12-14-25)20-28(36)34(19-22-7-9-23(31)10-8-22)21(2)29(37)33-30(3,4)5/h7-18,21H,6,19-20H2,1-5H3,(H,33,37)/t21-/m1/s1. The molecule has 0 spiro atoms. The van der Waals surface area contributed by atoms with Crippen LogP contribution in [-0.2, 0) is 26.2 Å². The number of nitrogens with one attached hydrogen (secondary N) is 1. The van der Waals surface area contributed by atoms with Gasteiger partial charge < -0.3 is 15.0 Å². The van der Waals surface area contributed by atoms with Crippen LogP contribution < -0.4 is 14.4 Å². The van der Waals surface area contributed by atoms with Crippen molar-refractivity contribution >= 4 is 39.1 Å². The van der Waals surface area contributed by atoms with E-state index in [0.29, 0.717) is 22.9 Å². The molecule has 41 heavy (non-hydrogen) atoms. The van der Waals surface area contributed by atoms with Crippen LogP contribution in [0.5, 0.6) is 5.75 Å². The fourth-order valence-corrected chi connectivity index (χ4v) is 5.52. The van der Waals surface area contributed by atoms with Crippen LogP contribution in [0.3, 0.4) is 0 Å². The van der Waals surface area contributed by atoms with E-state index in [1.807, 2.05) is 27.7 Å². The molecule has 0 radical (unpaired) electrons. The number of carbonyl (C=O) groups is 2. The maximum absolute atomic E-state index is 13.9. The summed E-state index contributed by atoms with van der Waals surface area (Å²) in [5.41, 5.74) is 0.227. The summed E-state index contributed by atoms with van der Waals surface area (Å²) in [6, 6.07) is 16.5. The lowest BCUT2D eigenvalue weighted by atomic mass is 10.1. The van der Waals surface area contributed by atoms with E-state index in [-0.39, 0.29) is 17.1 Å². The third-order valence-electron chi connectivity index (χ3n) is 6.05. The van der Waals surface area contributed by atoms with E-state index in [2.05, 4.69) is 5.32 Å². The van der Waals surface area contributed by atoms with Crippen LogP contribution in [0.4, 0.5) is 10.1 Å². The van der Waals surface area contributed by atoms with Gasteiger partial charge in [-0.05, 0) is 101 Å². The van der Waals surface area contributed by atoms with Gasteiger partial charge in [-0.1, -0.05) is 23.7 Å². The Morgan fingerprint density at radius 2 is 1.56 bits per heavy atom. The highest BCUT2D eigenvalue weighted by Crippen LogP contribution is 2.26. The molecule has 0 aliphatic rings. The fraction of sp³-hybridized carbons (Fsp3) is 0.333. The SMILES string of the molecule is CCOc1ccc(S(=O)(=O)N(CC(=O)N(Cc2ccc(Cl)cc2)[C@H](C)C(=O)NC(C)(C)C)c2ccc(F)cc2)cc1. The number of ether oxygens (including phenoxy) is 1. The molecule has 1 atom stereocenters. The molecule has 0 bridgehead atoms. The Hall–Kier alpha value is -3.63. The van der Waals surface area contributed by atoms with Crippen LogP contribution >= 0.6 is 11.6 Å². The second kappa shape index (κ2) is 13.4. The van der Waals surface area contributed by atoms with Crippen molar-refractivity contribution in [3.8, 4) is 5.75 Å². The summed E-state index contributed by atoms with van der Waals surface area (Å²) < 4.78 is 47.8. The first-order chi connectivity index (χ1) is 19.2. The van der Waals surface area contributed by atoms with Crippen LogP contribution in [0.25, 0.3) is 0 Å². The van der Waals surface area contributed by atoms with E-state index in [4.69, 9.17) is 16.3 Å². The van der Waals surface area contributed by atoms with Crippen molar-refractivity contribution in [3.63, 3.8) is 0 Å². The molecule has 3 aromatic rings. The topological polar surface area (TPSA) is 96.0 Å². The van der Waals surface area contributed by atoms with Gasteiger partial charge in [0.1, 0.15) is 24.2 Å². The number of amides is 2. The Bertz CT molecular complexity index is 1440. The molecule has 0 aliphatic heterocycles. The number of hydrogen-bond acceptors (Lipinski definition) is 5. The number of sulfonamides is 1. The lowest BCUT2D eigenvalue weighted by molar-refractivity contribution is -0.140. The molecular formula is C30H35ClFN3O5S. The predicted octanol–water partition coefficient (Wildman–Crippen LogP) is 5.41. The number of benzene rings is 3. The van der Waals surface area contributed by atoms with E-state index in [9.17, 15) is 22.4 Å². The zero-order valence-electron chi connectivity index (χ0n) is 23.7. The van der Waals surface area contributed by atoms with Crippen molar-refractivity contribution in [2.75, 3.05) is 17.5 Å². The number of carbonyl (C=O) groups excluding carboxylic acids is 2. The first-order valence-electron chi connectivity index (χ1n) is 13.1. The van der Waals surface area contributed by atoms with Gasteiger partial charge in [0.05, 0.1) is 17.2 Å². The van der Waals surface area contributed by atoms with Crippen molar-refractivity contribution in [2.45, 2.75) is 57.6 Å².